The number of carbonyl (C=O) groups is 3. The molecule has 76 heavy (non-hydrogen) atoms. The normalized spacial score (nSPS) is 16.6. The highest BCUT2D eigenvalue weighted by Gasteiger charge is 2.33. The van der Waals surface area contributed by atoms with Crippen LogP contribution in [0.3, 0.4) is 0 Å². The lowest BCUT2D eigenvalue weighted by molar-refractivity contribution is -0.139. The summed E-state index contributed by atoms with van der Waals surface area (Å²) in [6.07, 6.45) is 2.25. The second kappa shape index (κ2) is 27.9. The molecule has 0 saturated carbocycles. The van der Waals surface area contributed by atoms with Crippen LogP contribution in [0.25, 0.3) is 10.8 Å². The lowest BCUT2D eigenvalue weighted by atomic mass is 9.89. The van der Waals surface area contributed by atoms with Gasteiger partial charge in [0.1, 0.15) is 43.7 Å². The molecule has 9 rings (SSSR count). The van der Waals surface area contributed by atoms with Crippen molar-refractivity contribution in [2.45, 2.75) is 40.0 Å². The Kier molecular flexibility index (Phi) is 20.4. The molecule has 0 aromatic heterocycles. The first kappa shape index (κ1) is 55.5. The first-order valence-electron chi connectivity index (χ1n) is 26.6. The first-order chi connectivity index (χ1) is 37.1. The van der Waals surface area contributed by atoms with E-state index in [-0.39, 0.29) is 18.7 Å². The zero-order valence-electron chi connectivity index (χ0n) is 44.7. The van der Waals surface area contributed by atoms with Crippen molar-refractivity contribution in [2.75, 3.05) is 154 Å². The highest BCUT2D eigenvalue weighted by molar-refractivity contribution is 6.25. The average molecular weight is 1040 g/mol. The predicted molar refractivity (Wildman–Crippen MR) is 294 cm³/mol. The van der Waals surface area contributed by atoms with E-state index in [1.54, 1.807) is 20.1 Å². The highest BCUT2D eigenvalue weighted by Crippen LogP contribution is 2.36. The molecule has 2 amide bonds. The maximum Gasteiger partial charge on any atom is 0.333 e. The zero-order chi connectivity index (χ0) is 53.2. The van der Waals surface area contributed by atoms with Gasteiger partial charge in [0.05, 0.1) is 96.2 Å². The molecule has 1 saturated heterocycles. The van der Waals surface area contributed by atoms with E-state index in [0.717, 1.165) is 79.7 Å². The lowest BCUT2D eigenvalue weighted by Gasteiger charge is -2.30. The molecule has 4 aliphatic rings. The van der Waals surface area contributed by atoms with E-state index in [1.807, 2.05) is 24.3 Å². The number of nitrogens with zero attached hydrogens (tertiary/aromatic N) is 4. The highest BCUT2D eigenvalue weighted by atomic mass is 16.5. The summed E-state index contributed by atoms with van der Waals surface area (Å²) < 4.78 is 55.3. The second-order valence-electron chi connectivity index (χ2n) is 19.2. The van der Waals surface area contributed by atoms with Crippen LogP contribution in [0, 0.1) is 13.8 Å². The van der Waals surface area contributed by atoms with Gasteiger partial charge < -0.3 is 57.3 Å². The van der Waals surface area contributed by atoms with Gasteiger partial charge in [0, 0.05) is 55.4 Å². The summed E-state index contributed by atoms with van der Waals surface area (Å²) in [7, 11) is 1.67. The van der Waals surface area contributed by atoms with Crippen molar-refractivity contribution in [2.24, 2.45) is 0 Å². The molecule has 0 aliphatic carbocycles. The van der Waals surface area contributed by atoms with Crippen molar-refractivity contribution in [3.63, 3.8) is 0 Å². The van der Waals surface area contributed by atoms with Crippen molar-refractivity contribution in [1.82, 2.24) is 4.90 Å². The van der Waals surface area contributed by atoms with Crippen molar-refractivity contribution in [1.29, 1.82) is 0 Å². The standard InChI is InChI=1S/C60H74N4O12/c1-43(2)60(67)76-33-26-64-58(65)49-11-7-10-48-47(15-16-50(57(48)49)59(64)66)9-6-8-46-14-19-53(56(42-46)75-39-34-68-5)63-24-31-73-54-40-44(3)12-17-51(54)61-20-27-69-35-37-71-29-22-62(23-30-72-38-36-70-28-21-61)52-18-13-45(4)41-55(52)74-32-25-63/h7,10-19,40-42H,1,6,8-9,20-39H2,2-5H3. The Labute approximate surface area is 447 Å². The van der Waals surface area contributed by atoms with E-state index < -0.39 is 17.8 Å². The number of rotatable bonds is 13. The first-order valence-corrected chi connectivity index (χ1v) is 26.6. The monoisotopic (exact) mass is 1040 g/mol. The van der Waals surface area contributed by atoms with Gasteiger partial charge in [-0.15, -0.1) is 0 Å². The van der Waals surface area contributed by atoms with Crippen molar-refractivity contribution in [3.8, 4) is 17.2 Å². The van der Waals surface area contributed by atoms with Gasteiger partial charge in [-0.05, 0) is 116 Å². The van der Waals surface area contributed by atoms with Gasteiger partial charge in [0.2, 0.25) is 0 Å². The van der Waals surface area contributed by atoms with Gasteiger partial charge in [-0.25, -0.2) is 4.79 Å². The van der Waals surface area contributed by atoms with Crippen LogP contribution < -0.4 is 28.9 Å². The summed E-state index contributed by atoms with van der Waals surface area (Å²) in [5.74, 6) is 0.913. The minimum absolute atomic E-state index is 0.0518. The number of methoxy groups -OCH3 is 1. The van der Waals surface area contributed by atoms with Gasteiger partial charge in [-0.3, -0.25) is 14.5 Å². The number of aryl methyl sites for hydroxylation is 4. The number of anilines is 3. The van der Waals surface area contributed by atoms with Gasteiger partial charge in [0.25, 0.3) is 11.8 Å². The van der Waals surface area contributed by atoms with E-state index >= 15 is 0 Å². The fraction of sp³-hybridized carbons (Fsp3) is 0.450. The van der Waals surface area contributed by atoms with Crippen LogP contribution in [-0.4, -0.2) is 161 Å². The molecular formula is C60H74N4O12. The summed E-state index contributed by atoms with van der Waals surface area (Å²) in [6, 6.07) is 28.4. The minimum Gasteiger partial charge on any atom is -0.490 e. The van der Waals surface area contributed by atoms with Gasteiger partial charge >= 0.3 is 5.97 Å². The van der Waals surface area contributed by atoms with E-state index in [1.165, 1.54) is 0 Å². The fourth-order valence-electron chi connectivity index (χ4n) is 9.72. The maximum absolute atomic E-state index is 13.7. The Morgan fingerprint density at radius 1 is 0.592 bits per heavy atom. The molecule has 16 heteroatoms. The van der Waals surface area contributed by atoms with Crippen LogP contribution in [0.4, 0.5) is 17.1 Å². The van der Waals surface area contributed by atoms with E-state index in [9.17, 15) is 14.4 Å². The quantitative estimate of drug-likeness (QED) is 0.0368. The summed E-state index contributed by atoms with van der Waals surface area (Å²) in [6.45, 7) is 18.3. The summed E-state index contributed by atoms with van der Waals surface area (Å²) in [5.41, 5.74) is 8.33. The van der Waals surface area contributed by atoms with Crippen LogP contribution in [0.2, 0.25) is 0 Å². The van der Waals surface area contributed by atoms with E-state index in [0.29, 0.717) is 141 Å². The molecule has 4 heterocycles. The topological polar surface area (TPSA) is 147 Å². The SMILES string of the molecule is C=C(C)C(=O)OCCN1C(=O)c2cccc3c(CCCc4ccc(N5CCOc6cc(C)ccc6N6CCOCCOCCN(CCOCCOCC6)c6ccc(C)cc6OCC5)c(OCCOC)c4)ccc(c23)C1=O. The Bertz CT molecular complexity index is 2660. The van der Waals surface area contributed by atoms with Crippen LogP contribution >= 0.6 is 0 Å². The molecular weight excluding hydrogens is 969 g/mol. The van der Waals surface area contributed by atoms with Crippen molar-refractivity contribution >= 4 is 45.6 Å². The molecule has 16 nitrogen and oxygen atoms in total. The van der Waals surface area contributed by atoms with E-state index in [2.05, 4.69) is 89.7 Å². The molecule has 0 unspecified atom stereocenters. The summed E-state index contributed by atoms with van der Waals surface area (Å²) in [5, 5.41) is 1.53. The lowest BCUT2D eigenvalue weighted by Crippen LogP contribution is -2.42. The molecule has 4 aliphatic heterocycles. The maximum atomic E-state index is 13.7. The molecule has 0 radical (unpaired) electrons. The Morgan fingerprint density at radius 2 is 1.13 bits per heavy atom. The number of hydrogen-bond donors (Lipinski definition) is 0. The number of imide groups is 1. The number of benzene rings is 5. The number of ether oxygens (including phenoxy) is 9. The Morgan fingerprint density at radius 3 is 1.70 bits per heavy atom. The summed E-state index contributed by atoms with van der Waals surface area (Å²) >= 11 is 0. The van der Waals surface area contributed by atoms with Crippen molar-refractivity contribution < 1.29 is 57.0 Å². The summed E-state index contributed by atoms with van der Waals surface area (Å²) in [4.78, 5) is 47.3. The van der Waals surface area contributed by atoms with Crippen LogP contribution in [0.15, 0.2) is 97.1 Å². The van der Waals surface area contributed by atoms with Gasteiger partial charge in [-0.1, -0.05) is 43.0 Å². The minimum atomic E-state index is -0.566. The molecule has 0 spiro atoms. The third kappa shape index (κ3) is 14.6. The van der Waals surface area contributed by atoms with Crippen molar-refractivity contribution in [3.05, 3.63) is 130 Å². The molecule has 1 fully saturated rings. The fourth-order valence-corrected chi connectivity index (χ4v) is 9.72. The second-order valence-corrected chi connectivity index (χ2v) is 19.2. The smallest absolute Gasteiger partial charge is 0.333 e. The molecule has 5 aromatic carbocycles. The third-order valence-electron chi connectivity index (χ3n) is 13.7. The largest absolute Gasteiger partial charge is 0.490 e. The molecule has 2 bridgehead atoms. The molecule has 0 N–H and O–H groups in total. The number of carbonyl (C=O) groups excluding carboxylic acids is 3. The van der Waals surface area contributed by atoms with Crippen LogP contribution in [0.5, 0.6) is 17.2 Å². The van der Waals surface area contributed by atoms with Gasteiger partial charge in [0.15, 0.2) is 0 Å². The number of hydrogen-bond acceptors (Lipinski definition) is 15. The number of amides is 2. The van der Waals surface area contributed by atoms with Crippen LogP contribution in [-0.2, 0) is 46.1 Å². The average Bonchev–Trinajstić information content (AvgIpc) is 3.43. The third-order valence-corrected chi connectivity index (χ3v) is 13.7. The molecule has 0 atom stereocenters. The Hall–Kier alpha value is -6.69. The van der Waals surface area contributed by atoms with E-state index in [4.69, 9.17) is 42.6 Å². The Balaban J connectivity index is 1.05. The number of esters is 1. The zero-order valence-corrected chi connectivity index (χ0v) is 44.7. The number of fused-ring (bicyclic) bond motifs is 20. The molecule has 5 aromatic rings. The van der Waals surface area contributed by atoms with Gasteiger partial charge in [-0.2, -0.15) is 0 Å². The molecule has 406 valence electrons. The van der Waals surface area contributed by atoms with Crippen LogP contribution in [0.1, 0.15) is 56.3 Å². The predicted octanol–water partition coefficient (Wildman–Crippen LogP) is 8.04.